The zero-order chi connectivity index (χ0) is 17.0. The third-order valence-electron chi connectivity index (χ3n) is 3.91. The number of carboxylic acids is 1. The van der Waals surface area contributed by atoms with E-state index in [4.69, 9.17) is 9.84 Å². The Balaban J connectivity index is 2.16. The van der Waals surface area contributed by atoms with Crippen molar-refractivity contribution >= 4 is 16.0 Å². The summed E-state index contributed by atoms with van der Waals surface area (Å²) in [6, 6.07) is 4.80. The van der Waals surface area contributed by atoms with Crippen LogP contribution in [-0.4, -0.2) is 68.5 Å². The highest BCUT2D eigenvalue weighted by Gasteiger charge is 2.27. The van der Waals surface area contributed by atoms with Crippen molar-refractivity contribution in [1.29, 1.82) is 0 Å². The van der Waals surface area contributed by atoms with Gasteiger partial charge in [0.05, 0.1) is 18.6 Å². The molecule has 1 aliphatic rings. The standard InChI is InChI=1S/C15H22N2O5S/c1-12-10-13(4-5-14(12)22-2)23(20,21)17-7-3-6-16(8-9-17)11-15(18)19/h4-5,10H,3,6-9,11H2,1-2H3,(H,18,19). The number of nitrogens with zero attached hydrogens (tertiary/aromatic N) is 2. The molecule has 0 radical (unpaired) electrons. The molecule has 0 aromatic heterocycles. The molecule has 0 amide bonds. The van der Waals surface area contributed by atoms with Crippen LogP contribution in [0.1, 0.15) is 12.0 Å². The van der Waals surface area contributed by atoms with Crippen molar-refractivity contribution in [3.05, 3.63) is 23.8 Å². The predicted molar refractivity (Wildman–Crippen MR) is 85.2 cm³/mol. The Morgan fingerprint density at radius 2 is 2.00 bits per heavy atom. The lowest BCUT2D eigenvalue weighted by Gasteiger charge is -2.21. The summed E-state index contributed by atoms with van der Waals surface area (Å²) in [5, 5.41) is 8.86. The van der Waals surface area contributed by atoms with Crippen LogP contribution in [0, 0.1) is 6.92 Å². The third kappa shape index (κ3) is 4.21. The minimum Gasteiger partial charge on any atom is -0.496 e. The molecular weight excluding hydrogens is 320 g/mol. The molecular formula is C15H22N2O5S. The smallest absolute Gasteiger partial charge is 0.317 e. The molecule has 0 atom stereocenters. The van der Waals surface area contributed by atoms with Gasteiger partial charge in [0.25, 0.3) is 0 Å². The van der Waals surface area contributed by atoms with Crippen molar-refractivity contribution in [2.45, 2.75) is 18.2 Å². The first-order chi connectivity index (χ1) is 10.8. The molecule has 0 bridgehead atoms. The van der Waals surface area contributed by atoms with Gasteiger partial charge in [0.15, 0.2) is 0 Å². The zero-order valence-corrected chi connectivity index (χ0v) is 14.2. The molecule has 1 N–H and O–H groups in total. The van der Waals surface area contributed by atoms with Crippen molar-refractivity contribution in [3.8, 4) is 5.75 Å². The van der Waals surface area contributed by atoms with Crippen LogP contribution in [0.5, 0.6) is 5.75 Å². The highest BCUT2D eigenvalue weighted by molar-refractivity contribution is 7.89. The van der Waals surface area contributed by atoms with E-state index < -0.39 is 16.0 Å². The summed E-state index contributed by atoms with van der Waals surface area (Å²) in [7, 11) is -2.04. The van der Waals surface area contributed by atoms with Gasteiger partial charge in [-0.05, 0) is 37.1 Å². The molecule has 128 valence electrons. The quantitative estimate of drug-likeness (QED) is 0.851. The topological polar surface area (TPSA) is 87.2 Å². The fraction of sp³-hybridized carbons (Fsp3) is 0.533. The highest BCUT2D eigenvalue weighted by atomic mass is 32.2. The van der Waals surface area contributed by atoms with Crippen molar-refractivity contribution in [1.82, 2.24) is 9.21 Å². The Bertz CT molecular complexity index is 674. The number of benzene rings is 1. The molecule has 0 spiro atoms. The SMILES string of the molecule is COc1ccc(S(=O)(=O)N2CCCN(CC(=O)O)CC2)cc1C. The fourth-order valence-electron chi connectivity index (χ4n) is 2.70. The van der Waals surface area contributed by atoms with Gasteiger partial charge < -0.3 is 9.84 Å². The van der Waals surface area contributed by atoms with E-state index in [2.05, 4.69) is 0 Å². The maximum Gasteiger partial charge on any atom is 0.317 e. The van der Waals surface area contributed by atoms with E-state index in [1.165, 1.54) is 4.31 Å². The van der Waals surface area contributed by atoms with Gasteiger partial charge in [-0.2, -0.15) is 4.31 Å². The lowest BCUT2D eigenvalue weighted by Crippen LogP contribution is -2.36. The molecule has 1 heterocycles. The number of hydrogen-bond donors (Lipinski definition) is 1. The van der Waals surface area contributed by atoms with Crippen LogP contribution in [0.15, 0.2) is 23.1 Å². The minimum atomic E-state index is -3.58. The Labute approximate surface area is 136 Å². The maximum atomic E-state index is 12.8. The van der Waals surface area contributed by atoms with Gasteiger partial charge in [0.2, 0.25) is 10.0 Å². The molecule has 1 aliphatic heterocycles. The second kappa shape index (κ2) is 7.29. The summed E-state index contributed by atoms with van der Waals surface area (Å²) >= 11 is 0. The second-order valence-electron chi connectivity index (χ2n) is 5.56. The van der Waals surface area contributed by atoms with E-state index in [-0.39, 0.29) is 11.4 Å². The van der Waals surface area contributed by atoms with Gasteiger partial charge >= 0.3 is 5.97 Å². The molecule has 7 nitrogen and oxygen atoms in total. The van der Waals surface area contributed by atoms with Crippen LogP contribution < -0.4 is 4.74 Å². The molecule has 8 heteroatoms. The molecule has 1 saturated heterocycles. The zero-order valence-electron chi connectivity index (χ0n) is 13.4. The molecule has 0 saturated carbocycles. The van der Waals surface area contributed by atoms with Crippen LogP contribution in [0.4, 0.5) is 0 Å². The van der Waals surface area contributed by atoms with Gasteiger partial charge in [0.1, 0.15) is 5.75 Å². The van der Waals surface area contributed by atoms with Crippen LogP contribution >= 0.6 is 0 Å². The molecule has 2 rings (SSSR count). The first kappa shape index (κ1) is 17.7. The third-order valence-corrected chi connectivity index (χ3v) is 5.81. The summed E-state index contributed by atoms with van der Waals surface area (Å²) < 4.78 is 32.1. The van der Waals surface area contributed by atoms with Gasteiger partial charge in [-0.1, -0.05) is 0 Å². The lowest BCUT2D eigenvalue weighted by molar-refractivity contribution is -0.138. The van der Waals surface area contributed by atoms with Crippen molar-refractivity contribution < 1.29 is 23.1 Å². The Morgan fingerprint density at radius 1 is 1.26 bits per heavy atom. The maximum absolute atomic E-state index is 12.8. The van der Waals surface area contributed by atoms with Crippen molar-refractivity contribution in [3.63, 3.8) is 0 Å². The number of carboxylic acid groups (broad SMARTS) is 1. The number of aryl methyl sites for hydroxylation is 1. The van der Waals surface area contributed by atoms with Gasteiger partial charge in [-0.3, -0.25) is 9.69 Å². The Morgan fingerprint density at radius 3 is 2.61 bits per heavy atom. The van der Waals surface area contributed by atoms with Crippen LogP contribution in [0.2, 0.25) is 0 Å². The number of methoxy groups -OCH3 is 1. The highest BCUT2D eigenvalue weighted by Crippen LogP contribution is 2.24. The monoisotopic (exact) mass is 342 g/mol. The number of aliphatic carboxylic acids is 1. The average Bonchev–Trinajstić information content (AvgIpc) is 2.72. The van der Waals surface area contributed by atoms with E-state index in [0.29, 0.717) is 38.3 Å². The van der Waals surface area contributed by atoms with Gasteiger partial charge in [-0.25, -0.2) is 8.42 Å². The largest absolute Gasteiger partial charge is 0.496 e. The first-order valence-electron chi connectivity index (χ1n) is 7.43. The second-order valence-corrected chi connectivity index (χ2v) is 7.50. The van der Waals surface area contributed by atoms with Crippen molar-refractivity contribution in [2.75, 3.05) is 39.8 Å². The van der Waals surface area contributed by atoms with Crippen molar-refractivity contribution in [2.24, 2.45) is 0 Å². The van der Waals surface area contributed by atoms with Gasteiger partial charge in [0, 0.05) is 26.2 Å². The van der Waals surface area contributed by atoms with E-state index in [9.17, 15) is 13.2 Å². The van der Waals surface area contributed by atoms with Crippen LogP contribution in [0.3, 0.4) is 0 Å². The van der Waals surface area contributed by atoms with E-state index in [1.54, 1.807) is 37.1 Å². The van der Waals surface area contributed by atoms with E-state index >= 15 is 0 Å². The first-order valence-corrected chi connectivity index (χ1v) is 8.87. The lowest BCUT2D eigenvalue weighted by atomic mass is 10.2. The summed E-state index contributed by atoms with van der Waals surface area (Å²) in [5.74, 6) is -0.250. The summed E-state index contributed by atoms with van der Waals surface area (Å²) in [6.07, 6.45) is 0.613. The summed E-state index contributed by atoms with van der Waals surface area (Å²) in [4.78, 5) is 12.8. The molecule has 1 aromatic carbocycles. The number of hydrogen-bond acceptors (Lipinski definition) is 5. The number of ether oxygens (including phenoxy) is 1. The van der Waals surface area contributed by atoms with Gasteiger partial charge in [-0.15, -0.1) is 0 Å². The van der Waals surface area contributed by atoms with E-state index in [1.807, 2.05) is 0 Å². The molecule has 0 aliphatic carbocycles. The summed E-state index contributed by atoms with van der Waals surface area (Å²) in [5.41, 5.74) is 0.760. The number of rotatable bonds is 5. The normalized spacial score (nSPS) is 17.7. The van der Waals surface area contributed by atoms with Crippen LogP contribution in [0.25, 0.3) is 0 Å². The fourth-order valence-corrected chi connectivity index (χ4v) is 4.25. The number of carbonyl (C=O) groups is 1. The molecule has 0 unspecified atom stereocenters. The average molecular weight is 342 g/mol. The minimum absolute atomic E-state index is 0.0600. The molecule has 23 heavy (non-hydrogen) atoms. The predicted octanol–water partition coefficient (Wildman–Crippen LogP) is 0.785. The Kier molecular flexibility index (Phi) is 5.61. The Hall–Kier alpha value is -1.64. The molecule has 1 aromatic rings. The number of sulfonamides is 1. The summed E-state index contributed by atoms with van der Waals surface area (Å²) in [6.45, 7) is 3.43. The van der Waals surface area contributed by atoms with E-state index in [0.717, 1.165) is 5.56 Å². The van der Waals surface area contributed by atoms with Crippen LogP contribution in [-0.2, 0) is 14.8 Å². The molecule has 1 fully saturated rings.